The Hall–Kier alpha value is -1.82. The number of nitriles is 1. The van der Waals surface area contributed by atoms with E-state index < -0.39 is 0 Å². The molecule has 0 saturated heterocycles. The first-order chi connectivity index (χ1) is 10.2. The van der Waals surface area contributed by atoms with Crippen molar-refractivity contribution in [1.29, 1.82) is 5.26 Å². The van der Waals surface area contributed by atoms with Gasteiger partial charge in [-0.1, -0.05) is 51.2 Å². The van der Waals surface area contributed by atoms with Crippen molar-refractivity contribution >= 4 is 5.78 Å². The van der Waals surface area contributed by atoms with E-state index >= 15 is 0 Å². The number of carbonyl (C=O) groups is 1. The number of carbonyl (C=O) groups excluding carboxylic acids is 1. The largest absolute Gasteiger partial charge is 0.507 e. The minimum absolute atomic E-state index is 0.0297. The van der Waals surface area contributed by atoms with Crippen molar-refractivity contribution < 1.29 is 9.90 Å². The fourth-order valence-electron chi connectivity index (χ4n) is 2.44. The first-order valence-corrected chi connectivity index (χ1v) is 7.86. The van der Waals surface area contributed by atoms with E-state index in [1.165, 1.54) is 12.8 Å². The molecule has 0 aliphatic rings. The zero-order valence-electron chi connectivity index (χ0n) is 12.8. The van der Waals surface area contributed by atoms with Crippen LogP contribution >= 0.6 is 0 Å². The second kappa shape index (κ2) is 9.99. The predicted molar refractivity (Wildman–Crippen MR) is 84.2 cm³/mol. The van der Waals surface area contributed by atoms with Crippen LogP contribution in [0.1, 0.15) is 68.6 Å². The minimum atomic E-state index is -0.0445. The summed E-state index contributed by atoms with van der Waals surface area (Å²) in [6.07, 6.45) is 8.16. The summed E-state index contributed by atoms with van der Waals surface area (Å²) in [5, 5.41) is 18.1. The van der Waals surface area contributed by atoms with Crippen molar-refractivity contribution in [3.8, 4) is 11.8 Å². The Balaban J connectivity index is 2.19. The lowest BCUT2D eigenvalue weighted by molar-refractivity contribution is 0.0919. The van der Waals surface area contributed by atoms with Crippen LogP contribution in [0.25, 0.3) is 0 Å². The van der Waals surface area contributed by atoms with Crippen LogP contribution in [0.15, 0.2) is 24.3 Å². The Morgan fingerprint density at radius 3 is 2.43 bits per heavy atom. The normalized spacial score (nSPS) is 11.8. The molecule has 0 saturated carbocycles. The molecule has 0 bridgehead atoms. The number of nitrogens with zero attached hydrogens (tertiary/aromatic N) is 1. The van der Waals surface area contributed by atoms with Crippen LogP contribution in [0.3, 0.4) is 0 Å². The van der Waals surface area contributed by atoms with E-state index in [9.17, 15) is 9.90 Å². The molecule has 0 fully saturated rings. The number of hydrogen-bond donors (Lipinski definition) is 1. The number of Topliss-reactive ketones (excluding diaryl/α,β-unsaturated/α-hetero) is 1. The molecule has 3 nitrogen and oxygen atoms in total. The highest BCUT2D eigenvalue weighted by atomic mass is 16.3. The van der Waals surface area contributed by atoms with Crippen LogP contribution in [-0.2, 0) is 0 Å². The van der Waals surface area contributed by atoms with E-state index in [4.69, 9.17) is 5.26 Å². The van der Waals surface area contributed by atoms with Gasteiger partial charge < -0.3 is 5.11 Å². The van der Waals surface area contributed by atoms with Gasteiger partial charge in [0, 0.05) is 12.3 Å². The molecule has 0 aromatic heterocycles. The monoisotopic (exact) mass is 287 g/mol. The Kier molecular flexibility index (Phi) is 8.19. The molecule has 3 heteroatoms. The summed E-state index contributed by atoms with van der Waals surface area (Å²) in [7, 11) is 0. The average Bonchev–Trinajstić information content (AvgIpc) is 2.49. The molecule has 1 rings (SSSR count). The fraction of sp³-hybridized carbons (Fsp3) is 0.556. The second-order valence-electron chi connectivity index (χ2n) is 5.60. The van der Waals surface area contributed by atoms with E-state index in [0.29, 0.717) is 12.0 Å². The number of aromatic hydroxyl groups is 1. The van der Waals surface area contributed by atoms with Crippen molar-refractivity contribution in [3.63, 3.8) is 0 Å². The third kappa shape index (κ3) is 6.44. The van der Waals surface area contributed by atoms with Crippen molar-refractivity contribution in [2.45, 2.75) is 58.3 Å². The van der Waals surface area contributed by atoms with Gasteiger partial charge in [0.05, 0.1) is 11.6 Å². The highest BCUT2D eigenvalue weighted by Crippen LogP contribution is 2.22. The smallest absolute Gasteiger partial charge is 0.169 e. The number of phenolic OH excluding ortho intramolecular Hbond substituents is 1. The van der Waals surface area contributed by atoms with E-state index in [0.717, 1.165) is 32.1 Å². The standard InChI is InChI=1S/C18H25NO2/c1-15(11-7-5-3-2-4-6-10-14-19)18(21)16-12-8-9-13-17(16)20/h8-9,12-13,15,20H,2-7,10-11H2,1H3. The van der Waals surface area contributed by atoms with Gasteiger partial charge in [0.25, 0.3) is 0 Å². The SMILES string of the molecule is CC(CCCCCCCCC#N)C(=O)c1ccccc1O. The van der Waals surface area contributed by atoms with Gasteiger partial charge in [-0.15, -0.1) is 0 Å². The number of hydrogen-bond acceptors (Lipinski definition) is 3. The third-order valence-electron chi connectivity index (χ3n) is 3.79. The maximum atomic E-state index is 12.2. The zero-order valence-corrected chi connectivity index (χ0v) is 12.8. The summed E-state index contributed by atoms with van der Waals surface area (Å²) in [5.41, 5.74) is 0.432. The summed E-state index contributed by atoms with van der Waals surface area (Å²) in [4.78, 5) is 12.2. The van der Waals surface area contributed by atoms with Gasteiger partial charge in [0.15, 0.2) is 5.78 Å². The highest BCUT2D eigenvalue weighted by Gasteiger charge is 2.17. The van der Waals surface area contributed by atoms with Crippen LogP contribution in [0.5, 0.6) is 5.75 Å². The molecule has 1 atom stereocenters. The van der Waals surface area contributed by atoms with Gasteiger partial charge in [-0.05, 0) is 25.0 Å². The number of benzene rings is 1. The van der Waals surface area contributed by atoms with Crippen LogP contribution in [-0.4, -0.2) is 10.9 Å². The van der Waals surface area contributed by atoms with Crippen molar-refractivity contribution in [2.24, 2.45) is 5.92 Å². The molecule has 0 heterocycles. The van der Waals surface area contributed by atoms with E-state index in [1.54, 1.807) is 24.3 Å². The average molecular weight is 287 g/mol. The summed E-state index contributed by atoms with van der Waals surface area (Å²) in [6.45, 7) is 1.93. The lowest BCUT2D eigenvalue weighted by Crippen LogP contribution is -2.11. The summed E-state index contributed by atoms with van der Waals surface area (Å²) >= 11 is 0. The van der Waals surface area contributed by atoms with E-state index in [-0.39, 0.29) is 17.5 Å². The molecule has 0 spiro atoms. The summed E-state index contributed by atoms with van der Waals surface area (Å²) < 4.78 is 0. The lowest BCUT2D eigenvalue weighted by Gasteiger charge is -2.11. The van der Waals surface area contributed by atoms with Crippen LogP contribution in [0.2, 0.25) is 0 Å². The number of rotatable bonds is 10. The van der Waals surface area contributed by atoms with E-state index in [2.05, 4.69) is 6.07 Å². The van der Waals surface area contributed by atoms with E-state index in [1.807, 2.05) is 6.92 Å². The van der Waals surface area contributed by atoms with Gasteiger partial charge in [0.1, 0.15) is 5.75 Å². The molecule has 0 amide bonds. The van der Waals surface area contributed by atoms with Gasteiger partial charge >= 0.3 is 0 Å². The lowest BCUT2D eigenvalue weighted by atomic mass is 9.93. The van der Waals surface area contributed by atoms with Gasteiger partial charge in [-0.3, -0.25) is 4.79 Å². The summed E-state index contributed by atoms with van der Waals surface area (Å²) in [6, 6.07) is 8.90. The molecule has 21 heavy (non-hydrogen) atoms. The maximum Gasteiger partial charge on any atom is 0.169 e. The predicted octanol–water partition coefficient (Wildman–Crippen LogP) is 4.86. The molecular weight excluding hydrogens is 262 g/mol. The zero-order chi connectivity index (χ0) is 15.5. The van der Waals surface area contributed by atoms with Crippen LogP contribution in [0, 0.1) is 17.2 Å². The first-order valence-electron chi connectivity index (χ1n) is 7.86. The maximum absolute atomic E-state index is 12.2. The Labute approximate surface area is 127 Å². The number of unbranched alkanes of at least 4 members (excludes halogenated alkanes) is 6. The molecule has 1 aromatic rings. The molecule has 1 N–H and O–H groups in total. The van der Waals surface area contributed by atoms with Crippen LogP contribution < -0.4 is 0 Å². The molecular formula is C18H25NO2. The van der Waals surface area contributed by atoms with Crippen molar-refractivity contribution in [2.75, 3.05) is 0 Å². The molecule has 1 aromatic carbocycles. The third-order valence-corrected chi connectivity index (χ3v) is 3.79. The number of ketones is 1. The van der Waals surface area contributed by atoms with Crippen molar-refractivity contribution in [3.05, 3.63) is 29.8 Å². The molecule has 1 unspecified atom stereocenters. The Bertz CT molecular complexity index is 476. The first kappa shape index (κ1) is 17.2. The van der Waals surface area contributed by atoms with Crippen molar-refractivity contribution in [1.82, 2.24) is 0 Å². The second-order valence-corrected chi connectivity index (χ2v) is 5.60. The van der Waals surface area contributed by atoms with Gasteiger partial charge in [-0.2, -0.15) is 5.26 Å². The summed E-state index contributed by atoms with van der Waals surface area (Å²) in [5.74, 6) is 0.0610. The molecule has 0 aliphatic carbocycles. The number of phenols is 1. The van der Waals surface area contributed by atoms with Gasteiger partial charge in [0.2, 0.25) is 0 Å². The van der Waals surface area contributed by atoms with Crippen LogP contribution in [0.4, 0.5) is 0 Å². The topological polar surface area (TPSA) is 61.1 Å². The Morgan fingerprint density at radius 2 is 1.76 bits per heavy atom. The van der Waals surface area contributed by atoms with Gasteiger partial charge in [-0.25, -0.2) is 0 Å². The highest BCUT2D eigenvalue weighted by molar-refractivity contribution is 5.99. The minimum Gasteiger partial charge on any atom is -0.507 e. The Morgan fingerprint density at radius 1 is 1.14 bits per heavy atom. The molecule has 114 valence electrons. The molecule has 0 aliphatic heterocycles. The molecule has 0 radical (unpaired) electrons. The fourth-order valence-corrected chi connectivity index (χ4v) is 2.44. The quantitative estimate of drug-likeness (QED) is 0.494. The number of para-hydroxylation sites is 1.